The maximum absolute atomic E-state index is 10.2. The maximum Gasteiger partial charge on any atom is 0.0608 e. The Balaban J connectivity index is 1.89. The smallest absolute Gasteiger partial charge is 0.0608 e. The fourth-order valence-electron chi connectivity index (χ4n) is 2.62. The molecule has 1 atom stereocenters. The van der Waals surface area contributed by atoms with Gasteiger partial charge in [-0.05, 0) is 42.9 Å². The Bertz CT molecular complexity index is 291. The van der Waals surface area contributed by atoms with Crippen molar-refractivity contribution in [3.05, 3.63) is 30.1 Å². The summed E-state index contributed by atoms with van der Waals surface area (Å²) in [6, 6.07) is 4.00. The molecule has 1 unspecified atom stereocenters. The van der Waals surface area contributed by atoms with Crippen molar-refractivity contribution in [2.75, 3.05) is 0 Å². The number of aromatic nitrogens is 1. The van der Waals surface area contributed by atoms with Gasteiger partial charge in [0.05, 0.1) is 6.10 Å². The average molecular weight is 219 g/mol. The quantitative estimate of drug-likeness (QED) is 0.793. The van der Waals surface area contributed by atoms with Crippen LogP contribution in [-0.2, 0) is 6.42 Å². The first-order chi connectivity index (χ1) is 7.86. The van der Waals surface area contributed by atoms with E-state index in [0.717, 1.165) is 6.42 Å². The molecule has 1 aliphatic rings. The van der Waals surface area contributed by atoms with Crippen molar-refractivity contribution in [3.8, 4) is 0 Å². The van der Waals surface area contributed by atoms with Gasteiger partial charge in [0.25, 0.3) is 0 Å². The first-order valence-electron chi connectivity index (χ1n) is 6.43. The van der Waals surface area contributed by atoms with Gasteiger partial charge in [0.15, 0.2) is 0 Å². The third kappa shape index (κ3) is 3.31. The topological polar surface area (TPSA) is 33.1 Å². The van der Waals surface area contributed by atoms with Crippen molar-refractivity contribution in [2.24, 2.45) is 5.92 Å². The molecular formula is C14H21NO. The standard InChI is InChI=1S/C14H21NO/c16-14(11-12-7-9-15-10-8-12)13-5-3-1-2-4-6-13/h7-10,13-14,16H,1-6,11H2. The molecule has 0 amide bonds. The lowest BCUT2D eigenvalue weighted by Crippen LogP contribution is -2.22. The van der Waals surface area contributed by atoms with Crippen LogP contribution >= 0.6 is 0 Å². The highest BCUT2D eigenvalue weighted by Crippen LogP contribution is 2.26. The van der Waals surface area contributed by atoms with Crippen molar-refractivity contribution in [2.45, 2.75) is 51.0 Å². The Hall–Kier alpha value is -0.890. The van der Waals surface area contributed by atoms with Crippen LogP contribution < -0.4 is 0 Å². The fraction of sp³-hybridized carbons (Fsp3) is 0.643. The number of nitrogens with zero attached hydrogens (tertiary/aromatic N) is 1. The van der Waals surface area contributed by atoms with Crippen LogP contribution in [0.1, 0.15) is 44.1 Å². The SMILES string of the molecule is OC(Cc1ccncc1)C1CCCCCC1. The highest BCUT2D eigenvalue weighted by Gasteiger charge is 2.20. The molecule has 16 heavy (non-hydrogen) atoms. The van der Waals surface area contributed by atoms with Crippen LogP contribution in [0.25, 0.3) is 0 Å². The van der Waals surface area contributed by atoms with E-state index >= 15 is 0 Å². The lowest BCUT2D eigenvalue weighted by atomic mass is 9.90. The van der Waals surface area contributed by atoms with Crippen LogP contribution in [-0.4, -0.2) is 16.2 Å². The van der Waals surface area contributed by atoms with Crippen LogP contribution in [0.15, 0.2) is 24.5 Å². The molecule has 2 rings (SSSR count). The predicted octanol–water partition coefficient (Wildman–Crippen LogP) is 2.96. The molecule has 1 saturated carbocycles. The summed E-state index contributed by atoms with van der Waals surface area (Å²) in [7, 11) is 0. The first kappa shape index (κ1) is 11.6. The number of hydrogen-bond donors (Lipinski definition) is 1. The third-order valence-corrected chi connectivity index (χ3v) is 3.64. The number of pyridine rings is 1. The first-order valence-corrected chi connectivity index (χ1v) is 6.43. The summed E-state index contributed by atoms with van der Waals surface area (Å²) in [4.78, 5) is 4.00. The van der Waals surface area contributed by atoms with Crippen LogP contribution in [0.4, 0.5) is 0 Å². The molecule has 1 aliphatic carbocycles. The van der Waals surface area contributed by atoms with Gasteiger partial charge in [-0.3, -0.25) is 4.98 Å². The van der Waals surface area contributed by atoms with E-state index in [9.17, 15) is 5.11 Å². The second kappa shape index (κ2) is 6.00. The summed E-state index contributed by atoms with van der Waals surface area (Å²) < 4.78 is 0. The van der Waals surface area contributed by atoms with Gasteiger partial charge in [0, 0.05) is 12.4 Å². The second-order valence-corrected chi connectivity index (χ2v) is 4.88. The summed E-state index contributed by atoms with van der Waals surface area (Å²) in [6.45, 7) is 0. The van der Waals surface area contributed by atoms with Crippen LogP contribution in [0, 0.1) is 5.92 Å². The lowest BCUT2D eigenvalue weighted by Gasteiger charge is -2.21. The van der Waals surface area contributed by atoms with E-state index in [1.54, 1.807) is 12.4 Å². The number of rotatable bonds is 3. The Kier molecular flexibility index (Phi) is 4.34. The van der Waals surface area contributed by atoms with E-state index in [-0.39, 0.29) is 6.10 Å². The molecule has 0 spiro atoms. The highest BCUT2D eigenvalue weighted by atomic mass is 16.3. The molecule has 2 heteroatoms. The van der Waals surface area contributed by atoms with Gasteiger partial charge in [-0.15, -0.1) is 0 Å². The van der Waals surface area contributed by atoms with E-state index in [1.165, 1.54) is 44.1 Å². The second-order valence-electron chi connectivity index (χ2n) is 4.88. The average Bonchev–Trinajstić information content (AvgIpc) is 2.59. The maximum atomic E-state index is 10.2. The zero-order valence-electron chi connectivity index (χ0n) is 9.81. The van der Waals surface area contributed by atoms with Gasteiger partial charge < -0.3 is 5.11 Å². The highest BCUT2D eigenvalue weighted by molar-refractivity contribution is 5.11. The summed E-state index contributed by atoms with van der Waals surface area (Å²) in [5.74, 6) is 0.510. The lowest BCUT2D eigenvalue weighted by molar-refractivity contribution is 0.0986. The molecule has 1 heterocycles. The van der Waals surface area contributed by atoms with E-state index in [0.29, 0.717) is 5.92 Å². The molecular weight excluding hydrogens is 198 g/mol. The van der Waals surface area contributed by atoms with Crippen molar-refractivity contribution in [1.29, 1.82) is 0 Å². The Morgan fingerprint density at radius 3 is 2.38 bits per heavy atom. The largest absolute Gasteiger partial charge is 0.392 e. The Labute approximate surface area is 97.7 Å². The van der Waals surface area contributed by atoms with Crippen molar-refractivity contribution >= 4 is 0 Å². The monoisotopic (exact) mass is 219 g/mol. The minimum Gasteiger partial charge on any atom is -0.392 e. The van der Waals surface area contributed by atoms with Crippen LogP contribution in [0.3, 0.4) is 0 Å². The molecule has 2 nitrogen and oxygen atoms in total. The summed E-state index contributed by atoms with van der Waals surface area (Å²) in [6.07, 6.45) is 11.9. The molecule has 1 N–H and O–H groups in total. The van der Waals surface area contributed by atoms with E-state index in [2.05, 4.69) is 4.98 Å². The zero-order chi connectivity index (χ0) is 11.2. The zero-order valence-corrected chi connectivity index (χ0v) is 9.81. The molecule has 0 aromatic carbocycles. The van der Waals surface area contributed by atoms with Crippen LogP contribution in [0.2, 0.25) is 0 Å². The van der Waals surface area contributed by atoms with Crippen molar-refractivity contribution < 1.29 is 5.11 Å². The molecule has 1 fully saturated rings. The van der Waals surface area contributed by atoms with Crippen molar-refractivity contribution in [1.82, 2.24) is 4.98 Å². The van der Waals surface area contributed by atoms with E-state index < -0.39 is 0 Å². The third-order valence-electron chi connectivity index (χ3n) is 3.64. The van der Waals surface area contributed by atoms with Gasteiger partial charge >= 0.3 is 0 Å². The molecule has 0 bridgehead atoms. The minimum atomic E-state index is -0.166. The number of aliphatic hydroxyl groups is 1. The number of aliphatic hydroxyl groups excluding tert-OH is 1. The van der Waals surface area contributed by atoms with Crippen molar-refractivity contribution in [3.63, 3.8) is 0 Å². The summed E-state index contributed by atoms with van der Waals surface area (Å²) in [5.41, 5.74) is 1.20. The van der Waals surface area contributed by atoms with Gasteiger partial charge in [-0.25, -0.2) is 0 Å². The molecule has 0 saturated heterocycles. The Morgan fingerprint density at radius 2 is 1.75 bits per heavy atom. The fourth-order valence-corrected chi connectivity index (χ4v) is 2.62. The van der Waals surface area contributed by atoms with Gasteiger partial charge in [0.2, 0.25) is 0 Å². The van der Waals surface area contributed by atoms with E-state index in [1.807, 2.05) is 12.1 Å². The van der Waals surface area contributed by atoms with Gasteiger partial charge in [0.1, 0.15) is 0 Å². The molecule has 88 valence electrons. The molecule has 1 aromatic rings. The Morgan fingerprint density at radius 1 is 1.12 bits per heavy atom. The summed E-state index contributed by atoms with van der Waals surface area (Å²) in [5, 5.41) is 10.2. The number of hydrogen-bond acceptors (Lipinski definition) is 2. The van der Waals surface area contributed by atoms with E-state index in [4.69, 9.17) is 0 Å². The van der Waals surface area contributed by atoms with Crippen LogP contribution in [0.5, 0.6) is 0 Å². The molecule has 0 aliphatic heterocycles. The minimum absolute atomic E-state index is 0.166. The summed E-state index contributed by atoms with van der Waals surface area (Å²) >= 11 is 0. The molecule has 0 radical (unpaired) electrons. The predicted molar refractivity (Wildman–Crippen MR) is 65.1 cm³/mol. The van der Waals surface area contributed by atoms with Gasteiger partial charge in [-0.1, -0.05) is 25.7 Å². The normalized spacial score (nSPS) is 20.3. The molecule has 1 aromatic heterocycles. The van der Waals surface area contributed by atoms with Gasteiger partial charge in [-0.2, -0.15) is 0 Å².